The highest BCUT2D eigenvalue weighted by molar-refractivity contribution is 6.00. The Morgan fingerprint density at radius 1 is 1.38 bits per heavy atom. The molecule has 2 aliphatic carbocycles. The van der Waals surface area contributed by atoms with E-state index in [0.717, 1.165) is 5.57 Å². The second-order valence-corrected chi connectivity index (χ2v) is 8.17. The second-order valence-electron chi connectivity index (χ2n) is 8.17. The maximum absolute atomic E-state index is 12.6. The van der Waals surface area contributed by atoms with Gasteiger partial charge in [0, 0.05) is 12.0 Å². The molecule has 1 fully saturated rings. The number of rotatable bonds is 7. The minimum atomic E-state index is -0.838. The molecule has 0 unspecified atom stereocenters. The number of esters is 1. The summed E-state index contributed by atoms with van der Waals surface area (Å²) < 4.78 is 5.67. The number of Topliss-reactive ketones (excluding diaryl/α,β-unsaturated/α-hetero) is 1. The lowest BCUT2D eigenvalue weighted by Gasteiger charge is -2.14. The van der Waals surface area contributed by atoms with Crippen molar-refractivity contribution < 1.29 is 24.5 Å². The number of ether oxygens (including phenoxy) is 1. The zero-order valence-electron chi connectivity index (χ0n) is 16.3. The number of aliphatic hydroxyl groups is 2. The molecule has 0 spiro atoms. The molecule has 0 aromatic carbocycles. The molecule has 0 aromatic heterocycles. The maximum atomic E-state index is 12.6. The molecular weight excluding hydrogens is 332 g/mol. The van der Waals surface area contributed by atoms with Crippen molar-refractivity contribution in [2.45, 2.75) is 59.7 Å². The van der Waals surface area contributed by atoms with Crippen molar-refractivity contribution in [2.24, 2.45) is 17.3 Å². The van der Waals surface area contributed by atoms with Crippen molar-refractivity contribution in [3.63, 3.8) is 0 Å². The Kier molecular flexibility index (Phi) is 6.25. The lowest BCUT2D eigenvalue weighted by molar-refractivity contribution is -0.150. The van der Waals surface area contributed by atoms with Crippen LogP contribution in [0.25, 0.3) is 0 Å². The Morgan fingerprint density at radius 3 is 2.62 bits per heavy atom. The SMILES string of the molecule is CC(C)=C[C@@H]1[C@@H](C(=O)O[C@H]2CC(=O)C(C[C@@H](O)/C=C/CO)=C2C)C1(C)C. The summed E-state index contributed by atoms with van der Waals surface area (Å²) in [6.45, 7) is 9.77. The third-order valence-electron chi connectivity index (χ3n) is 5.48. The van der Waals surface area contributed by atoms with Gasteiger partial charge in [-0.1, -0.05) is 37.6 Å². The highest BCUT2D eigenvalue weighted by Gasteiger charge is 2.61. The van der Waals surface area contributed by atoms with Gasteiger partial charge >= 0.3 is 5.97 Å². The molecule has 0 saturated heterocycles. The molecule has 144 valence electrons. The lowest BCUT2D eigenvalue weighted by Crippen LogP contribution is -2.20. The van der Waals surface area contributed by atoms with Gasteiger partial charge in [0.25, 0.3) is 0 Å². The first-order chi connectivity index (χ1) is 12.1. The molecule has 5 heteroatoms. The maximum Gasteiger partial charge on any atom is 0.310 e. The van der Waals surface area contributed by atoms with E-state index in [1.54, 1.807) is 6.92 Å². The number of hydrogen-bond acceptors (Lipinski definition) is 5. The largest absolute Gasteiger partial charge is 0.457 e. The van der Waals surface area contributed by atoms with Crippen LogP contribution in [-0.4, -0.2) is 40.8 Å². The van der Waals surface area contributed by atoms with E-state index >= 15 is 0 Å². The van der Waals surface area contributed by atoms with E-state index in [1.165, 1.54) is 17.7 Å². The quantitative estimate of drug-likeness (QED) is 0.537. The third-order valence-corrected chi connectivity index (χ3v) is 5.48. The zero-order valence-corrected chi connectivity index (χ0v) is 16.3. The van der Waals surface area contributed by atoms with E-state index in [9.17, 15) is 14.7 Å². The van der Waals surface area contributed by atoms with Crippen LogP contribution in [0.4, 0.5) is 0 Å². The Hall–Kier alpha value is -1.72. The van der Waals surface area contributed by atoms with Crippen molar-refractivity contribution in [3.8, 4) is 0 Å². The first-order valence-electron chi connectivity index (χ1n) is 9.13. The molecule has 5 nitrogen and oxygen atoms in total. The number of carbonyl (C=O) groups excluding carboxylic acids is 2. The van der Waals surface area contributed by atoms with Gasteiger partial charge in [-0.2, -0.15) is 0 Å². The van der Waals surface area contributed by atoms with Crippen LogP contribution in [0.1, 0.15) is 47.5 Å². The minimum absolute atomic E-state index is 0.0901. The molecule has 26 heavy (non-hydrogen) atoms. The fraction of sp³-hybridized carbons (Fsp3) is 0.619. The Balaban J connectivity index is 2.04. The van der Waals surface area contributed by atoms with E-state index < -0.39 is 12.2 Å². The Bertz CT molecular complexity index is 664. The van der Waals surface area contributed by atoms with Gasteiger partial charge < -0.3 is 14.9 Å². The highest BCUT2D eigenvalue weighted by atomic mass is 16.5. The smallest absolute Gasteiger partial charge is 0.310 e. The monoisotopic (exact) mass is 362 g/mol. The molecule has 2 N–H and O–H groups in total. The van der Waals surface area contributed by atoms with Crippen LogP contribution in [0.15, 0.2) is 34.9 Å². The summed E-state index contributed by atoms with van der Waals surface area (Å²) in [5.74, 6) is -0.349. The highest BCUT2D eigenvalue weighted by Crippen LogP contribution is 2.60. The number of carbonyl (C=O) groups is 2. The first kappa shape index (κ1) is 20.6. The van der Waals surface area contributed by atoms with Crippen LogP contribution in [-0.2, 0) is 14.3 Å². The standard InChI is InChI=1S/C21H30O5/c1-12(2)9-16-19(21(16,4)5)20(25)26-18-11-17(24)15(13(18)3)10-14(23)7-6-8-22/h6-7,9,14,16,18-19,22-23H,8,10-11H2,1-5H3/b7-6+/t14-,16+,18-,19-/m0/s1. The van der Waals surface area contributed by atoms with Gasteiger partial charge in [-0.15, -0.1) is 0 Å². The molecule has 0 bridgehead atoms. The molecule has 1 saturated carbocycles. The molecule has 0 aromatic rings. The second kappa shape index (κ2) is 7.89. The number of ketones is 1. The summed E-state index contributed by atoms with van der Waals surface area (Å²) in [6, 6.07) is 0. The summed E-state index contributed by atoms with van der Waals surface area (Å²) in [4.78, 5) is 24.9. The molecular formula is C21H30O5. The summed E-state index contributed by atoms with van der Waals surface area (Å²) in [5.41, 5.74) is 2.30. The molecule has 4 atom stereocenters. The van der Waals surface area contributed by atoms with Gasteiger partial charge in [0.1, 0.15) is 6.10 Å². The predicted molar refractivity (Wildman–Crippen MR) is 99.2 cm³/mol. The Morgan fingerprint density at radius 2 is 2.04 bits per heavy atom. The lowest BCUT2D eigenvalue weighted by atomic mass is 10.0. The van der Waals surface area contributed by atoms with Crippen LogP contribution in [0, 0.1) is 17.3 Å². The fourth-order valence-electron chi connectivity index (χ4n) is 3.77. The predicted octanol–water partition coefficient (Wildman–Crippen LogP) is 2.73. The van der Waals surface area contributed by atoms with Crippen molar-refractivity contribution in [1.29, 1.82) is 0 Å². The van der Waals surface area contributed by atoms with Gasteiger partial charge in [0.05, 0.1) is 25.0 Å². The van der Waals surface area contributed by atoms with Gasteiger partial charge in [-0.3, -0.25) is 9.59 Å². The molecule has 2 aliphatic rings. The average molecular weight is 362 g/mol. The van der Waals surface area contributed by atoms with Crippen molar-refractivity contribution >= 4 is 11.8 Å². The fourth-order valence-corrected chi connectivity index (χ4v) is 3.77. The van der Waals surface area contributed by atoms with E-state index in [1.807, 2.05) is 13.8 Å². The van der Waals surface area contributed by atoms with Crippen molar-refractivity contribution in [2.75, 3.05) is 6.61 Å². The first-order valence-corrected chi connectivity index (χ1v) is 9.13. The van der Waals surface area contributed by atoms with Crippen LogP contribution in [0.5, 0.6) is 0 Å². The van der Waals surface area contributed by atoms with Gasteiger partial charge in [0.15, 0.2) is 5.78 Å². The number of aliphatic hydroxyl groups excluding tert-OH is 2. The van der Waals surface area contributed by atoms with Crippen molar-refractivity contribution in [3.05, 3.63) is 34.9 Å². The molecule has 0 heterocycles. The zero-order chi connectivity index (χ0) is 19.6. The van der Waals surface area contributed by atoms with E-state index in [-0.39, 0.29) is 48.5 Å². The van der Waals surface area contributed by atoms with Crippen LogP contribution in [0.2, 0.25) is 0 Å². The van der Waals surface area contributed by atoms with E-state index in [2.05, 4.69) is 19.9 Å². The van der Waals surface area contributed by atoms with E-state index in [0.29, 0.717) is 5.57 Å². The third kappa shape index (κ3) is 4.33. The molecule has 0 amide bonds. The Labute approximate surface area is 155 Å². The summed E-state index contributed by atoms with van der Waals surface area (Å²) in [7, 11) is 0. The van der Waals surface area contributed by atoms with Gasteiger partial charge in [-0.05, 0) is 37.7 Å². The van der Waals surface area contributed by atoms with Crippen LogP contribution < -0.4 is 0 Å². The molecule has 0 radical (unpaired) electrons. The normalized spacial score (nSPS) is 28.4. The topological polar surface area (TPSA) is 83.8 Å². The van der Waals surface area contributed by atoms with E-state index in [4.69, 9.17) is 9.84 Å². The van der Waals surface area contributed by atoms with Gasteiger partial charge in [-0.25, -0.2) is 0 Å². The van der Waals surface area contributed by atoms with Crippen LogP contribution >= 0.6 is 0 Å². The summed E-state index contributed by atoms with van der Waals surface area (Å²) in [6.07, 6.45) is 3.95. The summed E-state index contributed by atoms with van der Waals surface area (Å²) in [5, 5.41) is 18.7. The summed E-state index contributed by atoms with van der Waals surface area (Å²) >= 11 is 0. The van der Waals surface area contributed by atoms with Crippen LogP contribution in [0.3, 0.4) is 0 Å². The van der Waals surface area contributed by atoms with Crippen molar-refractivity contribution in [1.82, 2.24) is 0 Å². The minimum Gasteiger partial charge on any atom is -0.457 e. The molecule has 0 aliphatic heterocycles. The van der Waals surface area contributed by atoms with Gasteiger partial charge in [0.2, 0.25) is 0 Å². The number of allylic oxidation sites excluding steroid dienone is 2. The average Bonchev–Trinajstić information content (AvgIpc) is 2.97. The number of hydrogen-bond donors (Lipinski definition) is 2. The molecule has 2 rings (SSSR count).